The lowest BCUT2D eigenvalue weighted by atomic mass is 10.2. The van der Waals surface area contributed by atoms with Gasteiger partial charge in [-0.15, -0.1) is 0 Å². The Hall–Kier alpha value is -1.19. The van der Waals surface area contributed by atoms with Gasteiger partial charge in [-0.05, 0) is 24.7 Å². The number of alkyl halides is 3. The smallest absolute Gasteiger partial charge is 0.316 e. The maximum atomic E-state index is 13.7. The molecule has 0 bridgehead atoms. The standard InChI is InChI=1S/C11H14F4N2O2S/c1-16-6-8-3-4-10(9(12)5-8)20(18,19)17(2)7-11(13,14)15/h3-5,16H,6-7H2,1-2H3. The molecule has 0 aliphatic rings. The van der Waals surface area contributed by atoms with E-state index >= 15 is 0 Å². The predicted molar refractivity (Wildman–Crippen MR) is 65.0 cm³/mol. The Kier molecular flexibility index (Phi) is 5.11. The number of sulfonamides is 1. The molecule has 1 N–H and O–H groups in total. The van der Waals surface area contributed by atoms with Crippen LogP contribution in [0.5, 0.6) is 0 Å². The largest absolute Gasteiger partial charge is 0.402 e. The van der Waals surface area contributed by atoms with Gasteiger partial charge in [0.25, 0.3) is 0 Å². The first kappa shape index (κ1) is 16.9. The van der Waals surface area contributed by atoms with Gasteiger partial charge in [-0.1, -0.05) is 6.07 Å². The summed E-state index contributed by atoms with van der Waals surface area (Å²) in [4.78, 5) is -0.774. The summed E-state index contributed by atoms with van der Waals surface area (Å²) in [6.07, 6.45) is -4.69. The third-order valence-corrected chi connectivity index (χ3v) is 4.30. The fourth-order valence-corrected chi connectivity index (χ4v) is 2.77. The van der Waals surface area contributed by atoms with Crippen molar-refractivity contribution in [1.82, 2.24) is 9.62 Å². The zero-order chi connectivity index (χ0) is 15.6. The van der Waals surface area contributed by atoms with Crippen LogP contribution in [-0.4, -0.2) is 39.5 Å². The first-order valence-corrected chi connectivity index (χ1v) is 6.98. The fraction of sp³-hybridized carbons (Fsp3) is 0.455. The Morgan fingerprint density at radius 3 is 2.35 bits per heavy atom. The van der Waals surface area contributed by atoms with Crippen LogP contribution in [0, 0.1) is 5.82 Å². The van der Waals surface area contributed by atoms with Gasteiger partial charge in [0.2, 0.25) is 10.0 Å². The van der Waals surface area contributed by atoms with Crippen LogP contribution in [0.15, 0.2) is 23.1 Å². The molecule has 0 heterocycles. The van der Waals surface area contributed by atoms with Gasteiger partial charge in [0.15, 0.2) is 0 Å². The van der Waals surface area contributed by atoms with Crippen molar-refractivity contribution in [3.05, 3.63) is 29.6 Å². The van der Waals surface area contributed by atoms with Crippen molar-refractivity contribution in [2.75, 3.05) is 20.6 Å². The summed E-state index contributed by atoms with van der Waals surface area (Å²) >= 11 is 0. The summed E-state index contributed by atoms with van der Waals surface area (Å²) in [5.41, 5.74) is 0.488. The predicted octanol–water partition coefficient (Wildman–Crippen LogP) is 1.73. The van der Waals surface area contributed by atoms with Gasteiger partial charge < -0.3 is 5.32 Å². The number of benzene rings is 1. The number of nitrogens with zero attached hydrogens (tertiary/aromatic N) is 1. The average Bonchev–Trinajstić information content (AvgIpc) is 2.26. The lowest BCUT2D eigenvalue weighted by Gasteiger charge is -2.19. The van der Waals surface area contributed by atoms with Gasteiger partial charge >= 0.3 is 6.18 Å². The van der Waals surface area contributed by atoms with Gasteiger partial charge in [-0.2, -0.15) is 17.5 Å². The Labute approximate surface area is 114 Å². The van der Waals surface area contributed by atoms with E-state index in [0.29, 0.717) is 12.1 Å². The van der Waals surface area contributed by atoms with E-state index < -0.39 is 33.5 Å². The van der Waals surface area contributed by atoms with E-state index in [-0.39, 0.29) is 4.31 Å². The molecule has 1 aromatic rings. The highest BCUT2D eigenvalue weighted by Crippen LogP contribution is 2.23. The number of nitrogens with one attached hydrogen (secondary N) is 1. The molecule has 0 saturated carbocycles. The fourth-order valence-electron chi connectivity index (χ4n) is 1.57. The first-order valence-electron chi connectivity index (χ1n) is 5.54. The van der Waals surface area contributed by atoms with E-state index in [1.807, 2.05) is 0 Å². The van der Waals surface area contributed by atoms with E-state index in [0.717, 1.165) is 19.2 Å². The van der Waals surface area contributed by atoms with E-state index in [1.54, 1.807) is 7.05 Å². The molecule has 114 valence electrons. The van der Waals surface area contributed by atoms with Crippen molar-refractivity contribution < 1.29 is 26.0 Å². The molecule has 4 nitrogen and oxygen atoms in total. The normalized spacial score (nSPS) is 12.9. The number of hydrogen-bond donors (Lipinski definition) is 1. The quantitative estimate of drug-likeness (QED) is 0.842. The maximum Gasteiger partial charge on any atom is 0.402 e. The van der Waals surface area contributed by atoms with Gasteiger partial charge in [-0.3, -0.25) is 0 Å². The molecule has 0 aromatic heterocycles. The minimum Gasteiger partial charge on any atom is -0.316 e. The molecular formula is C11H14F4N2O2S. The molecule has 0 saturated heterocycles. The molecule has 0 aliphatic heterocycles. The van der Waals surface area contributed by atoms with Crippen LogP contribution >= 0.6 is 0 Å². The van der Waals surface area contributed by atoms with Crippen LogP contribution < -0.4 is 5.32 Å². The third-order valence-electron chi connectivity index (χ3n) is 2.47. The van der Waals surface area contributed by atoms with Crippen LogP contribution in [0.25, 0.3) is 0 Å². The van der Waals surface area contributed by atoms with Crippen LogP contribution in [0.2, 0.25) is 0 Å². The second-order valence-electron chi connectivity index (χ2n) is 4.17. The lowest BCUT2D eigenvalue weighted by molar-refractivity contribution is -0.134. The summed E-state index contributed by atoms with van der Waals surface area (Å²) in [6, 6.07) is 3.28. The van der Waals surface area contributed by atoms with Crippen molar-refractivity contribution in [2.45, 2.75) is 17.6 Å². The second-order valence-corrected chi connectivity index (χ2v) is 6.18. The molecular weight excluding hydrogens is 300 g/mol. The van der Waals surface area contributed by atoms with Crippen molar-refractivity contribution in [2.24, 2.45) is 0 Å². The Morgan fingerprint density at radius 2 is 1.90 bits per heavy atom. The summed E-state index contributed by atoms with van der Waals surface area (Å²) in [5, 5.41) is 2.75. The molecule has 9 heteroatoms. The highest BCUT2D eigenvalue weighted by atomic mass is 32.2. The van der Waals surface area contributed by atoms with Gasteiger partial charge in [-0.25, -0.2) is 12.8 Å². The van der Waals surface area contributed by atoms with Crippen molar-refractivity contribution in [3.8, 4) is 0 Å². The zero-order valence-corrected chi connectivity index (χ0v) is 11.6. The summed E-state index contributed by atoms with van der Waals surface area (Å²) in [5.74, 6) is -1.08. The molecule has 0 aliphatic carbocycles. The summed E-state index contributed by atoms with van der Waals surface area (Å²) in [6.45, 7) is -1.36. The third kappa shape index (κ3) is 4.15. The summed E-state index contributed by atoms with van der Waals surface area (Å²) in [7, 11) is -2.14. The Bertz CT molecular complexity index is 572. The number of rotatable bonds is 5. The molecule has 0 atom stereocenters. The molecule has 0 amide bonds. The van der Waals surface area contributed by atoms with Crippen LogP contribution in [0.4, 0.5) is 17.6 Å². The molecule has 0 unspecified atom stereocenters. The number of hydrogen-bond acceptors (Lipinski definition) is 3. The minimum atomic E-state index is -4.69. The van der Waals surface area contributed by atoms with Gasteiger partial charge in [0, 0.05) is 13.6 Å². The van der Waals surface area contributed by atoms with Crippen LogP contribution in [0.1, 0.15) is 5.56 Å². The van der Waals surface area contributed by atoms with Gasteiger partial charge in [0.1, 0.15) is 17.3 Å². The van der Waals surface area contributed by atoms with Gasteiger partial charge in [0.05, 0.1) is 0 Å². The maximum absolute atomic E-state index is 13.7. The van der Waals surface area contributed by atoms with E-state index in [4.69, 9.17) is 0 Å². The Morgan fingerprint density at radius 1 is 1.30 bits per heavy atom. The molecule has 0 spiro atoms. The van der Waals surface area contributed by atoms with Crippen molar-refractivity contribution >= 4 is 10.0 Å². The molecule has 0 fully saturated rings. The molecule has 20 heavy (non-hydrogen) atoms. The number of halogens is 4. The van der Waals surface area contributed by atoms with Crippen molar-refractivity contribution in [1.29, 1.82) is 0 Å². The highest BCUT2D eigenvalue weighted by Gasteiger charge is 2.35. The van der Waals surface area contributed by atoms with Crippen LogP contribution in [-0.2, 0) is 16.6 Å². The Balaban J connectivity index is 3.10. The summed E-state index contributed by atoms with van der Waals surface area (Å²) < 4.78 is 74.2. The van der Waals surface area contributed by atoms with Crippen LogP contribution in [0.3, 0.4) is 0 Å². The zero-order valence-electron chi connectivity index (χ0n) is 10.8. The highest BCUT2D eigenvalue weighted by molar-refractivity contribution is 7.89. The molecule has 1 rings (SSSR count). The van der Waals surface area contributed by atoms with E-state index in [1.165, 1.54) is 6.07 Å². The second kappa shape index (κ2) is 6.06. The average molecular weight is 314 g/mol. The van der Waals surface area contributed by atoms with E-state index in [2.05, 4.69) is 5.32 Å². The van der Waals surface area contributed by atoms with E-state index in [9.17, 15) is 26.0 Å². The minimum absolute atomic E-state index is 0.0726. The molecule has 1 aromatic carbocycles. The SMILES string of the molecule is CNCc1ccc(S(=O)(=O)N(C)CC(F)(F)F)c(F)c1. The van der Waals surface area contributed by atoms with Crippen molar-refractivity contribution in [3.63, 3.8) is 0 Å². The topological polar surface area (TPSA) is 49.4 Å². The monoisotopic (exact) mass is 314 g/mol. The lowest BCUT2D eigenvalue weighted by Crippen LogP contribution is -2.36. The first-order chi connectivity index (χ1) is 9.08. The molecule has 0 radical (unpaired) electrons.